The van der Waals surface area contributed by atoms with Crippen LogP contribution in [0.3, 0.4) is 0 Å². The number of thiocarbonyl (C=S) groups is 2. The molecule has 0 unspecified atom stereocenters. The summed E-state index contributed by atoms with van der Waals surface area (Å²) in [5.41, 5.74) is 4.61. The molecule has 0 atom stereocenters. The van der Waals surface area contributed by atoms with Crippen LogP contribution in [-0.2, 0) is 0 Å². The minimum atomic E-state index is -0.203. The molecule has 0 radical (unpaired) electrons. The van der Waals surface area contributed by atoms with E-state index in [0.717, 1.165) is 16.7 Å². The van der Waals surface area contributed by atoms with Gasteiger partial charge in [0.15, 0.2) is 0 Å². The number of hydrogen-bond donors (Lipinski definition) is 0. The molecule has 2 aliphatic rings. The average Bonchev–Trinajstić information content (AvgIpc) is 3.13. The molecule has 0 saturated heterocycles. The molecule has 6 heteroatoms. The molecule has 0 saturated carbocycles. The van der Waals surface area contributed by atoms with Crippen molar-refractivity contribution in [3.05, 3.63) is 94.5 Å². The van der Waals surface area contributed by atoms with Gasteiger partial charge in [-0.1, -0.05) is 66.9 Å². The summed E-state index contributed by atoms with van der Waals surface area (Å²) >= 11 is 11.2. The molecule has 140 valence electrons. The first-order valence-electron chi connectivity index (χ1n) is 9.05. The van der Waals surface area contributed by atoms with Crippen molar-refractivity contribution in [3.63, 3.8) is 0 Å². The van der Waals surface area contributed by atoms with E-state index in [1.165, 1.54) is 9.80 Å². The van der Waals surface area contributed by atoms with Crippen molar-refractivity contribution in [2.75, 3.05) is 9.80 Å². The number of fused-ring (bicyclic) bond motifs is 2. The molecule has 0 N–H and O–H groups in total. The average molecular weight is 415 g/mol. The van der Waals surface area contributed by atoms with Gasteiger partial charge in [-0.2, -0.15) is 0 Å². The molecule has 4 nitrogen and oxygen atoms in total. The third-order valence-electron chi connectivity index (χ3n) is 5.20. The number of aryl methyl sites for hydroxylation is 1. The van der Waals surface area contributed by atoms with Gasteiger partial charge in [-0.25, -0.2) is 0 Å². The van der Waals surface area contributed by atoms with Crippen molar-refractivity contribution in [2.45, 2.75) is 6.92 Å². The fourth-order valence-electron chi connectivity index (χ4n) is 3.82. The van der Waals surface area contributed by atoms with Crippen molar-refractivity contribution in [1.82, 2.24) is 0 Å². The second-order valence-corrected chi connectivity index (χ2v) is 7.75. The maximum Gasteiger partial charge on any atom is 0.264 e. The van der Waals surface area contributed by atoms with Crippen LogP contribution in [-0.4, -0.2) is 21.8 Å². The van der Waals surface area contributed by atoms with Gasteiger partial charge in [0.05, 0.1) is 22.5 Å². The van der Waals surface area contributed by atoms with Crippen LogP contribution in [0.2, 0.25) is 0 Å². The lowest BCUT2D eigenvalue weighted by molar-refractivity contribution is 0.0996. The van der Waals surface area contributed by atoms with Crippen LogP contribution >= 0.6 is 24.4 Å². The zero-order valence-electron chi connectivity index (χ0n) is 15.4. The Hall–Kier alpha value is -3.22. The molecule has 0 fully saturated rings. The Labute approximate surface area is 178 Å². The van der Waals surface area contributed by atoms with Gasteiger partial charge in [-0.15, -0.1) is 0 Å². The lowest BCUT2D eigenvalue weighted by Crippen LogP contribution is -2.34. The largest absolute Gasteiger partial charge is 0.268 e. The standard InChI is InChI=1S/C23H14N2O2S2/c1-13-10-11-18(24-20(26)14-6-2-4-8-16(14)22(24)28)19(12-13)25-21(27)15-7-3-5-9-17(15)23(25)29/h2-12H,1H3. The quantitative estimate of drug-likeness (QED) is 0.572. The van der Waals surface area contributed by atoms with Crippen LogP contribution in [0.4, 0.5) is 11.4 Å². The Kier molecular flexibility index (Phi) is 3.94. The third-order valence-corrected chi connectivity index (χ3v) is 6.01. The van der Waals surface area contributed by atoms with Gasteiger partial charge in [0.2, 0.25) is 0 Å². The summed E-state index contributed by atoms with van der Waals surface area (Å²) in [6.07, 6.45) is 0. The molecule has 2 heterocycles. The highest BCUT2D eigenvalue weighted by Gasteiger charge is 2.39. The normalized spacial score (nSPS) is 15.2. The fraction of sp³-hybridized carbons (Fsp3) is 0.0435. The predicted octanol–water partition coefficient (Wildman–Crippen LogP) is 4.67. The van der Waals surface area contributed by atoms with Gasteiger partial charge < -0.3 is 0 Å². The first kappa shape index (κ1) is 17.8. The SMILES string of the molecule is Cc1ccc(N2C(=O)c3ccccc3C2=S)c(N2C(=O)c3ccccc3C2=S)c1. The Balaban J connectivity index is 1.68. The Morgan fingerprint density at radius 3 is 1.55 bits per heavy atom. The van der Waals surface area contributed by atoms with E-state index in [4.69, 9.17) is 24.4 Å². The molecule has 0 bridgehead atoms. The van der Waals surface area contributed by atoms with Gasteiger partial charge in [0.25, 0.3) is 11.8 Å². The number of nitrogens with zero attached hydrogens (tertiary/aromatic N) is 2. The second-order valence-electron chi connectivity index (χ2n) is 6.97. The first-order valence-corrected chi connectivity index (χ1v) is 9.87. The maximum atomic E-state index is 13.2. The molecule has 2 aliphatic heterocycles. The summed E-state index contributed by atoms with van der Waals surface area (Å²) in [6.45, 7) is 1.93. The number of carbonyl (C=O) groups is 2. The zero-order chi connectivity index (χ0) is 20.3. The number of carbonyl (C=O) groups excluding carboxylic acids is 2. The van der Waals surface area contributed by atoms with Gasteiger partial charge in [0, 0.05) is 11.1 Å². The summed E-state index contributed by atoms with van der Waals surface area (Å²) in [6, 6.07) is 20.1. The fourth-order valence-corrected chi connectivity index (χ4v) is 4.54. The minimum absolute atomic E-state index is 0.201. The summed E-state index contributed by atoms with van der Waals surface area (Å²) in [5, 5.41) is 0. The van der Waals surface area contributed by atoms with Gasteiger partial charge in [-0.05, 0) is 36.8 Å². The van der Waals surface area contributed by atoms with Crippen LogP contribution in [0.1, 0.15) is 37.4 Å². The smallest absolute Gasteiger partial charge is 0.264 e. The third kappa shape index (κ3) is 2.50. The molecule has 0 aliphatic carbocycles. The molecular formula is C23H14N2O2S2. The van der Waals surface area contributed by atoms with Crippen molar-refractivity contribution < 1.29 is 9.59 Å². The van der Waals surface area contributed by atoms with E-state index >= 15 is 0 Å². The zero-order valence-corrected chi connectivity index (χ0v) is 17.0. The van der Waals surface area contributed by atoms with E-state index in [2.05, 4.69) is 0 Å². The van der Waals surface area contributed by atoms with Crippen LogP contribution in [0.15, 0.2) is 66.7 Å². The molecule has 0 spiro atoms. The highest BCUT2D eigenvalue weighted by Crippen LogP contribution is 2.40. The van der Waals surface area contributed by atoms with Crippen molar-refractivity contribution in [3.8, 4) is 0 Å². The van der Waals surface area contributed by atoms with E-state index in [1.54, 1.807) is 12.1 Å². The first-order chi connectivity index (χ1) is 14.0. The highest BCUT2D eigenvalue weighted by atomic mass is 32.1. The molecule has 29 heavy (non-hydrogen) atoms. The number of hydrogen-bond acceptors (Lipinski definition) is 4. The van der Waals surface area contributed by atoms with E-state index < -0.39 is 0 Å². The summed E-state index contributed by atoms with van der Waals surface area (Å²) in [7, 11) is 0. The lowest BCUT2D eigenvalue weighted by atomic mass is 10.1. The Bertz CT molecular complexity index is 1200. The Morgan fingerprint density at radius 2 is 1.07 bits per heavy atom. The maximum absolute atomic E-state index is 13.2. The van der Waals surface area contributed by atoms with Crippen LogP contribution in [0.25, 0.3) is 0 Å². The van der Waals surface area contributed by atoms with Crippen molar-refractivity contribution >= 4 is 57.6 Å². The van der Waals surface area contributed by atoms with Crippen molar-refractivity contribution in [2.24, 2.45) is 0 Å². The minimum Gasteiger partial charge on any atom is -0.268 e. The summed E-state index contributed by atoms with van der Waals surface area (Å²) in [5.74, 6) is -0.404. The molecule has 3 aromatic carbocycles. The lowest BCUT2D eigenvalue weighted by Gasteiger charge is -2.25. The summed E-state index contributed by atoms with van der Waals surface area (Å²) in [4.78, 5) is 30.2. The van der Waals surface area contributed by atoms with Gasteiger partial charge >= 0.3 is 0 Å². The van der Waals surface area contributed by atoms with E-state index in [1.807, 2.05) is 61.5 Å². The predicted molar refractivity (Wildman–Crippen MR) is 121 cm³/mol. The monoisotopic (exact) mass is 414 g/mol. The molecule has 3 aromatic rings. The number of amides is 2. The molecule has 0 aromatic heterocycles. The Morgan fingerprint density at radius 1 is 0.621 bits per heavy atom. The molecule has 2 amide bonds. The van der Waals surface area contributed by atoms with Crippen LogP contribution < -0.4 is 9.80 Å². The van der Waals surface area contributed by atoms with Crippen LogP contribution in [0.5, 0.6) is 0 Å². The van der Waals surface area contributed by atoms with Crippen molar-refractivity contribution in [1.29, 1.82) is 0 Å². The topological polar surface area (TPSA) is 40.6 Å². The summed E-state index contributed by atoms with van der Waals surface area (Å²) < 4.78 is 0. The van der Waals surface area contributed by atoms with Gasteiger partial charge in [0.1, 0.15) is 9.98 Å². The van der Waals surface area contributed by atoms with E-state index in [0.29, 0.717) is 32.5 Å². The highest BCUT2D eigenvalue weighted by molar-refractivity contribution is 7.81. The number of benzene rings is 3. The van der Waals surface area contributed by atoms with E-state index in [-0.39, 0.29) is 11.8 Å². The van der Waals surface area contributed by atoms with Crippen LogP contribution in [0, 0.1) is 6.92 Å². The number of rotatable bonds is 2. The molecular weight excluding hydrogens is 400 g/mol. The molecule has 5 rings (SSSR count). The second kappa shape index (κ2) is 6.40. The van der Waals surface area contributed by atoms with E-state index in [9.17, 15) is 9.59 Å². The van der Waals surface area contributed by atoms with Gasteiger partial charge in [-0.3, -0.25) is 19.4 Å². The number of anilines is 2.